The summed E-state index contributed by atoms with van der Waals surface area (Å²) in [5.74, 6) is -0.192. The Kier molecular flexibility index (Phi) is 7.23. The lowest BCUT2D eigenvalue weighted by Gasteiger charge is -2.34. The van der Waals surface area contributed by atoms with E-state index in [1.807, 2.05) is 19.9 Å². The molecule has 1 unspecified atom stereocenters. The van der Waals surface area contributed by atoms with Gasteiger partial charge in [0.2, 0.25) is 0 Å². The number of nitrogens with zero attached hydrogens (tertiary/aromatic N) is 3. The van der Waals surface area contributed by atoms with Crippen LogP contribution in [0, 0.1) is 5.82 Å². The van der Waals surface area contributed by atoms with Crippen molar-refractivity contribution in [2.45, 2.75) is 26.4 Å². The molecule has 0 spiro atoms. The molecule has 0 radical (unpaired) electrons. The Bertz CT molecular complexity index is 901. The molecule has 1 aliphatic heterocycles. The van der Waals surface area contributed by atoms with E-state index in [1.54, 1.807) is 18.2 Å². The van der Waals surface area contributed by atoms with Crippen LogP contribution in [0.5, 0.6) is 5.75 Å². The number of ether oxygens (including phenoxy) is 2. The third-order valence-electron chi connectivity index (χ3n) is 4.83. The van der Waals surface area contributed by atoms with Crippen molar-refractivity contribution in [2.75, 3.05) is 39.4 Å². The van der Waals surface area contributed by atoms with E-state index in [4.69, 9.17) is 9.47 Å². The van der Waals surface area contributed by atoms with Crippen molar-refractivity contribution in [3.8, 4) is 5.75 Å². The molecular weight excluding hydrogens is 399 g/mol. The topological polar surface area (TPSA) is 87.8 Å². The molecule has 2 heterocycles. The molecule has 1 aliphatic rings. The summed E-state index contributed by atoms with van der Waals surface area (Å²) in [4.78, 5) is 0. The molecule has 0 bridgehead atoms. The maximum Gasteiger partial charge on any atom is 0.282 e. The average Bonchev–Trinajstić information content (AvgIpc) is 3.19. The van der Waals surface area contributed by atoms with Crippen molar-refractivity contribution in [1.29, 1.82) is 0 Å². The third kappa shape index (κ3) is 5.13. The van der Waals surface area contributed by atoms with Crippen molar-refractivity contribution >= 4 is 10.2 Å². The van der Waals surface area contributed by atoms with Crippen molar-refractivity contribution in [3.63, 3.8) is 0 Å². The molecule has 1 N–H and O–H groups in total. The van der Waals surface area contributed by atoms with Gasteiger partial charge in [0.05, 0.1) is 18.9 Å². The summed E-state index contributed by atoms with van der Waals surface area (Å²) in [6, 6.07) is 8.09. The zero-order valence-electron chi connectivity index (χ0n) is 16.7. The molecule has 0 amide bonds. The van der Waals surface area contributed by atoms with E-state index in [1.165, 1.54) is 14.7 Å². The molecule has 2 aromatic rings. The van der Waals surface area contributed by atoms with Crippen LogP contribution < -0.4 is 4.74 Å². The lowest BCUT2D eigenvalue weighted by molar-refractivity contribution is -0.00661. The van der Waals surface area contributed by atoms with Crippen LogP contribution in [0.15, 0.2) is 30.3 Å². The van der Waals surface area contributed by atoms with Crippen LogP contribution in [0.25, 0.3) is 0 Å². The van der Waals surface area contributed by atoms with Crippen LogP contribution in [0.3, 0.4) is 0 Å². The molecule has 29 heavy (non-hydrogen) atoms. The minimum absolute atomic E-state index is 0.208. The van der Waals surface area contributed by atoms with Crippen molar-refractivity contribution in [2.24, 2.45) is 0 Å². The van der Waals surface area contributed by atoms with Gasteiger partial charge in [-0.15, -0.1) is 0 Å². The van der Waals surface area contributed by atoms with E-state index in [9.17, 15) is 12.8 Å². The maximum atomic E-state index is 13.6. The second-order valence-corrected chi connectivity index (χ2v) is 8.58. The molecule has 3 rings (SSSR count). The van der Waals surface area contributed by atoms with Crippen LogP contribution in [0.4, 0.5) is 4.39 Å². The molecule has 160 valence electrons. The summed E-state index contributed by atoms with van der Waals surface area (Å²) < 4.78 is 53.2. The minimum Gasteiger partial charge on any atom is -0.490 e. The van der Waals surface area contributed by atoms with Gasteiger partial charge in [0, 0.05) is 38.3 Å². The Hall–Kier alpha value is -2.01. The van der Waals surface area contributed by atoms with Crippen LogP contribution >= 0.6 is 0 Å². The Morgan fingerprint density at radius 2 is 2.10 bits per heavy atom. The smallest absolute Gasteiger partial charge is 0.282 e. The fourth-order valence-electron chi connectivity index (χ4n) is 3.23. The molecule has 0 saturated carbocycles. The number of hydrogen-bond donors (Lipinski definition) is 1. The number of aromatic amines is 1. The second-order valence-electron chi connectivity index (χ2n) is 6.66. The lowest BCUT2D eigenvalue weighted by Crippen LogP contribution is -2.49. The zero-order valence-corrected chi connectivity index (χ0v) is 17.5. The van der Waals surface area contributed by atoms with Crippen LogP contribution in [0.2, 0.25) is 0 Å². The predicted octanol–water partition coefficient (Wildman–Crippen LogP) is 2.13. The molecule has 8 nitrogen and oxygen atoms in total. The summed E-state index contributed by atoms with van der Waals surface area (Å²) in [7, 11) is -3.51. The molecule has 0 aliphatic carbocycles. The first-order chi connectivity index (χ1) is 14.0. The number of benzene rings is 1. The highest BCUT2D eigenvalue weighted by Gasteiger charge is 2.34. The third-order valence-corrected chi connectivity index (χ3v) is 6.99. The quantitative estimate of drug-likeness (QED) is 0.664. The minimum atomic E-state index is -3.51. The van der Waals surface area contributed by atoms with Gasteiger partial charge < -0.3 is 9.47 Å². The normalized spacial score (nSPS) is 18.3. The van der Waals surface area contributed by atoms with Gasteiger partial charge in [0.1, 0.15) is 6.10 Å². The molecule has 1 fully saturated rings. The van der Waals surface area contributed by atoms with Crippen molar-refractivity contribution in [3.05, 3.63) is 47.5 Å². The monoisotopic (exact) mass is 426 g/mol. The van der Waals surface area contributed by atoms with Crippen LogP contribution in [0.1, 0.15) is 31.3 Å². The van der Waals surface area contributed by atoms with Crippen LogP contribution in [-0.4, -0.2) is 66.6 Å². The number of rotatable bonds is 9. The molecule has 1 aromatic carbocycles. The standard InChI is InChI=1S/C19H27FN4O4S/c1-3-23(4-2)29(25,26)24-10-12-28-19(14-24)17-13-15(21-22-17)9-11-27-18-8-6-5-7-16(18)20/h5-8,13,19H,3-4,9-12,14H2,1-2H3,(H,21,22). The van der Waals surface area contributed by atoms with Gasteiger partial charge in [-0.1, -0.05) is 26.0 Å². The number of hydrogen-bond acceptors (Lipinski definition) is 5. The fraction of sp³-hybridized carbons (Fsp3) is 0.526. The van der Waals surface area contributed by atoms with Gasteiger partial charge in [-0.05, 0) is 18.2 Å². The van der Waals surface area contributed by atoms with E-state index < -0.39 is 22.1 Å². The van der Waals surface area contributed by atoms with Crippen molar-refractivity contribution < 1.29 is 22.3 Å². The average molecular weight is 427 g/mol. The molecule has 1 saturated heterocycles. The predicted molar refractivity (Wildman–Crippen MR) is 106 cm³/mol. The van der Waals surface area contributed by atoms with Gasteiger partial charge in [-0.25, -0.2) is 4.39 Å². The fourth-order valence-corrected chi connectivity index (χ4v) is 4.84. The number of halogens is 1. The number of morpholine rings is 1. The highest BCUT2D eigenvalue weighted by atomic mass is 32.2. The molecular formula is C19H27FN4O4S. The van der Waals surface area contributed by atoms with Gasteiger partial charge in [-0.2, -0.15) is 22.1 Å². The Morgan fingerprint density at radius 3 is 2.83 bits per heavy atom. The van der Waals surface area contributed by atoms with Gasteiger partial charge in [-0.3, -0.25) is 5.10 Å². The SMILES string of the molecule is CCN(CC)S(=O)(=O)N1CCOC(c2cc(CCOc3ccccc3F)[nH]n2)C1. The van der Waals surface area contributed by atoms with Gasteiger partial charge in [0.25, 0.3) is 10.2 Å². The zero-order chi connectivity index (χ0) is 20.9. The number of nitrogens with one attached hydrogen (secondary N) is 1. The highest BCUT2D eigenvalue weighted by Crippen LogP contribution is 2.24. The Morgan fingerprint density at radius 1 is 1.34 bits per heavy atom. The molecule has 1 aromatic heterocycles. The van der Waals surface area contributed by atoms with E-state index in [0.717, 1.165) is 5.69 Å². The summed E-state index contributed by atoms with van der Waals surface area (Å²) in [6.07, 6.45) is 0.0711. The van der Waals surface area contributed by atoms with E-state index in [0.29, 0.717) is 38.4 Å². The number of para-hydroxylation sites is 1. The van der Waals surface area contributed by atoms with E-state index in [-0.39, 0.29) is 18.9 Å². The maximum absolute atomic E-state index is 13.6. The van der Waals surface area contributed by atoms with E-state index in [2.05, 4.69) is 10.2 Å². The summed E-state index contributed by atoms with van der Waals surface area (Å²) in [6.45, 7) is 5.63. The van der Waals surface area contributed by atoms with Gasteiger partial charge >= 0.3 is 0 Å². The van der Waals surface area contributed by atoms with E-state index >= 15 is 0 Å². The molecule has 1 atom stereocenters. The summed E-state index contributed by atoms with van der Waals surface area (Å²) >= 11 is 0. The highest BCUT2D eigenvalue weighted by molar-refractivity contribution is 7.86. The lowest BCUT2D eigenvalue weighted by atomic mass is 10.2. The molecule has 10 heteroatoms. The summed E-state index contributed by atoms with van der Waals surface area (Å²) in [5.41, 5.74) is 1.45. The Balaban J connectivity index is 1.59. The van der Waals surface area contributed by atoms with Crippen molar-refractivity contribution in [1.82, 2.24) is 18.8 Å². The number of H-pyrrole nitrogens is 1. The van der Waals surface area contributed by atoms with Crippen LogP contribution in [-0.2, 0) is 21.4 Å². The van der Waals surface area contributed by atoms with Gasteiger partial charge in [0.15, 0.2) is 11.6 Å². The first kappa shape index (κ1) is 21.7. The largest absolute Gasteiger partial charge is 0.490 e. The summed E-state index contributed by atoms with van der Waals surface area (Å²) in [5, 5.41) is 7.19. The number of aromatic nitrogens is 2. The first-order valence-electron chi connectivity index (χ1n) is 9.74. The Labute approximate surface area is 170 Å². The second kappa shape index (κ2) is 9.66. The first-order valence-corrected chi connectivity index (χ1v) is 11.1.